The van der Waals surface area contributed by atoms with Crippen LogP contribution in [-0.4, -0.2) is 111 Å². The smallest absolute Gasteiger partial charge is 0.229 e. The summed E-state index contributed by atoms with van der Waals surface area (Å²) >= 11 is 0. The van der Waals surface area contributed by atoms with E-state index in [9.17, 15) is 40.5 Å². The number of carbonyl (C=O) groups excluding carboxylic acids is 1. The second-order valence-electron chi connectivity index (χ2n) is 10.5. The number of aromatic hydroxyl groups is 2. The molecule has 0 aliphatic carbocycles. The first-order valence-corrected chi connectivity index (χ1v) is 13.4. The van der Waals surface area contributed by atoms with E-state index in [-0.39, 0.29) is 35.7 Å². The number of phenols is 2. The number of methoxy groups -OCH3 is 1. The van der Waals surface area contributed by atoms with Gasteiger partial charge in [-0.1, -0.05) is 0 Å². The highest BCUT2D eigenvalue weighted by molar-refractivity contribution is 6.02. The summed E-state index contributed by atoms with van der Waals surface area (Å²) in [7, 11) is 1.43. The number of benzene rings is 2. The van der Waals surface area contributed by atoms with Crippen LogP contribution in [0.4, 0.5) is 0 Å². The molecule has 0 unspecified atom stereocenters. The highest BCUT2D eigenvalue weighted by atomic mass is 16.8. The summed E-state index contributed by atoms with van der Waals surface area (Å²) < 4.78 is 34.1. The molecule has 42 heavy (non-hydrogen) atoms. The Balaban J connectivity index is 1.42. The fourth-order valence-corrected chi connectivity index (χ4v) is 5.23. The number of aliphatic hydroxyl groups excluding tert-OH is 5. The summed E-state index contributed by atoms with van der Waals surface area (Å²) in [5, 5.41) is 72.1. The molecule has 7 N–H and O–H groups in total. The molecule has 2 fully saturated rings. The lowest BCUT2D eigenvalue weighted by Crippen LogP contribution is -2.63. The molecule has 5 rings (SSSR count). The van der Waals surface area contributed by atoms with Crippen molar-refractivity contribution in [1.82, 2.24) is 0 Å². The summed E-state index contributed by atoms with van der Waals surface area (Å²) in [5.74, 6) is -0.748. The largest absolute Gasteiger partial charge is 0.508 e. The molecule has 0 radical (unpaired) electrons. The quantitative estimate of drug-likeness (QED) is 0.223. The van der Waals surface area contributed by atoms with E-state index in [4.69, 9.17) is 28.4 Å². The van der Waals surface area contributed by atoms with Crippen LogP contribution in [0.25, 0.3) is 0 Å². The third-order valence-electron chi connectivity index (χ3n) is 7.55. The Morgan fingerprint density at radius 3 is 2.40 bits per heavy atom. The van der Waals surface area contributed by atoms with Crippen LogP contribution in [0.15, 0.2) is 30.3 Å². The molecule has 0 spiro atoms. The topological polar surface area (TPSA) is 214 Å². The van der Waals surface area contributed by atoms with Gasteiger partial charge in [0.05, 0.1) is 32.3 Å². The van der Waals surface area contributed by atoms with Gasteiger partial charge in [0.2, 0.25) is 6.29 Å². The number of ether oxygens (including phenoxy) is 6. The lowest BCUT2D eigenvalue weighted by Gasteiger charge is -2.44. The average molecular weight is 595 g/mol. The number of phenolic OH excluding ortho intramolecular Hbond substituents is 2. The SMILES string of the molecule is COc1cc(O)cc([C@@H]2CC(=O)c3c(O)cc(O[C@@H]4O[C@H](CO)[C@@H](O)[C@H](O)[C@H]4O[C@@H]4O[C@@H](C)[C@H](O)C[C@H]4O)cc3O2)c1. The van der Waals surface area contributed by atoms with E-state index >= 15 is 0 Å². The van der Waals surface area contributed by atoms with Crippen LogP contribution < -0.4 is 14.2 Å². The lowest BCUT2D eigenvalue weighted by atomic mass is 9.95. The van der Waals surface area contributed by atoms with Crippen molar-refractivity contribution in [3.8, 4) is 28.7 Å². The van der Waals surface area contributed by atoms with Crippen molar-refractivity contribution >= 4 is 5.78 Å². The minimum atomic E-state index is -1.67. The van der Waals surface area contributed by atoms with Crippen molar-refractivity contribution in [2.45, 2.75) is 81.2 Å². The van der Waals surface area contributed by atoms with Crippen LogP contribution in [-0.2, 0) is 14.2 Å². The second kappa shape index (κ2) is 12.2. The lowest BCUT2D eigenvalue weighted by molar-refractivity contribution is -0.343. The second-order valence-corrected chi connectivity index (χ2v) is 10.5. The Hall–Kier alpha value is -3.21. The molecule has 2 saturated heterocycles. The van der Waals surface area contributed by atoms with E-state index in [0.717, 1.165) is 6.07 Å². The Morgan fingerprint density at radius 1 is 0.929 bits per heavy atom. The van der Waals surface area contributed by atoms with E-state index in [1.54, 1.807) is 13.0 Å². The molecule has 14 heteroatoms. The fourth-order valence-electron chi connectivity index (χ4n) is 5.23. The van der Waals surface area contributed by atoms with E-state index in [1.807, 2.05) is 0 Å². The first-order valence-electron chi connectivity index (χ1n) is 13.4. The van der Waals surface area contributed by atoms with Crippen LogP contribution in [0, 0.1) is 0 Å². The zero-order valence-electron chi connectivity index (χ0n) is 22.8. The van der Waals surface area contributed by atoms with E-state index in [0.29, 0.717) is 11.3 Å². The van der Waals surface area contributed by atoms with Gasteiger partial charge in [-0.05, 0) is 19.1 Å². The van der Waals surface area contributed by atoms with Crippen molar-refractivity contribution in [3.63, 3.8) is 0 Å². The molecule has 0 aromatic heterocycles. The molecule has 2 aromatic rings. The Bertz CT molecular complexity index is 1290. The van der Waals surface area contributed by atoms with Gasteiger partial charge in [0, 0.05) is 30.2 Å². The number of hydrogen-bond donors (Lipinski definition) is 7. The molecule has 3 aliphatic heterocycles. The predicted molar refractivity (Wildman–Crippen MR) is 139 cm³/mol. The summed E-state index contributed by atoms with van der Waals surface area (Å²) in [5.41, 5.74) is 0.368. The molecule has 2 aromatic carbocycles. The maximum atomic E-state index is 13.0. The number of aliphatic hydroxyl groups is 5. The van der Waals surface area contributed by atoms with Crippen LogP contribution in [0.3, 0.4) is 0 Å². The van der Waals surface area contributed by atoms with Crippen molar-refractivity contribution in [2.75, 3.05) is 13.7 Å². The first kappa shape index (κ1) is 30.3. The van der Waals surface area contributed by atoms with E-state index in [2.05, 4.69) is 0 Å². The van der Waals surface area contributed by atoms with Crippen molar-refractivity contribution < 1.29 is 69.0 Å². The van der Waals surface area contributed by atoms with Crippen LogP contribution in [0.1, 0.15) is 41.8 Å². The van der Waals surface area contributed by atoms with Crippen molar-refractivity contribution in [1.29, 1.82) is 0 Å². The fraction of sp³-hybridized carbons (Fsp3) is 0.536. The number of fused-ring (bicyclic) bond motifs is 1. The summed E-state index contributed by atoms with van der Waals surface area (Å²) in [6.45, 7) is 0.890. The van der Waals surface area contributed by atoms with Gasteiger partial charge in [0.25, 0.3) is 0 Å². The van der Waals surface area contributed by atoms with Gasteiger partial charge in [0.1, 0.15) is 64.8 Å². The van der Waals surface area contributed by atoms with Crippen molar-refractivity contribution in [2.24, 2.45) is 0 Å². The number of ketones is 1. The highest BCUT2D eigenvalue weighted by Crippen LogP contribution is 2.43. The van der Waals surface area contributed by atoms with Gasteiger partial charge in [-0.3, -0.25) is 4.79 Å². The van der Waals surface area contributed by atoms with Gasteiger partial charge in [0.15, 0.2) is 18.2 Å². The molecule has 10 atom stereocenters. The third-order valence-corrected chi connectivity index (χ3v) is 7.55. The summed E-state index contributed by atoms with van der Waals surface area (Å²) in [4.78, 5) is 13.0. The minimum absolute atomic E-state index is 0.0324. The van der Waals surface area contributed by atoms with E-state index in [1.165, 1.54) is 25.3 Å². The number of carbonyl (C=O) groups is 1. The molecule has 0 amide bonds. The van der Waals surface area contributed by atoms with Gasteiger partial charge in [-0.2, -0.15) is 0 Å². The highest BCUT2D eigenvalue weighted by Gasteiger charge is 2.49. The Morgan fingerprint density at radius 2 is 1.69 bits per heavy atom. The average Bonchev–Trinajstić information content (AvgIpc) is 2.94. The Labute approximate surface area is 240 Å². The summed E-state index contributed by atoms with van der Waals surface area (Å²) in [6, 6.07) is 6.87. The van der Waals surface area contributed by atoms with Gasteiger partial charge in [-0.25, -0.2) is 0 Å². The number of rotatable bonds is 7. The molecule has 14 nitrogen and oxygen atoms in total. The third kappa shape index (κ3) is 5.98. The maximum absolute atomic E-state index is 13.0. The zero-order chi connectivity index (χ0) is 30.3. The molecule has 3 heterocycles. The number of Topliss-reactive ketones (excluding diaryl/α,β-unsaturated/α-hetero) is 1. The first-order chi connectivity index (χ1) is 20.0. The summed E-state index contributed by atoms with van der Waals surface area (Å²) in [6.07, 6.45) is -12.8. The monoisotopic (exact) mass is 594 g/mol. The molecule has 0 saturated carbocycles. The van der Waals surface area contributed by atoms with E-state index < -0.39 is 79.6 Å². The molecule has 0 bridgehead atoms. The molecular formula is C28H34O14. The normalized spacial score (nSPS) is 34.8. The van der Waals surface area contributed by atoms with Gasteiger partial charge in [-0.15, -0.1) is 0 Å². The molecule has 3 aliphatic rings. The predicted octanol–water partition coefficient (Wildman–Crippen LogP) is -0.127. The number of hydrogen-bond acceptors (Lipinski definition) is 14. The standard InChI is InChI=1S/C28H34O14/c1-11-16(31)8-19(34)27(38-11)42-26-25(36)24(35)22(10-29)41-28(26)39-15-6-17(32)23-18(33)9-20(40-21(23)7-15)12-3-13(30)5-14(4-12)37-2/h3-7,11,16,19-20,22,24-32,34-36H,8-10H2,1-2H3/t11-,16+,19+,20-,22+,24+,25-,26+,27-,28+/m0/s1. The van der Waals surface area contributed by atoms with Crippen LogP contribution in [0.5, 0.6) is 28.7 Å². The molecular weight excluding hydrogens is 560 g/mol. The minimum Gasteiger partial charge on any atom is -0.508 e. The molecule has 230 valence electrons. The zero-order valence-corrected chi connectivity index (χ0v) is 22.8. The van der Waals surface area contributed by atoms with Gasteiger partial charge >= 0.3 is 0 Å². The van der Waals surface area contributed by atoms with Crippen LogP contribution >= 0.6 is 0 Å². The van der Waals surface area contributed by atoms with Gasteiger partial charge < -0.3 is 64.2 Å². The van der Waals surface area contributed by atoms with Crippen molar-refractivity contribution in [3.05, 3.63) is 41.5 Å². The van der Waals surface area contributed by atoms with Crippen LogP contribution in [0.2, 0.25) is 0 Å². The maximum Gasteiger partial charge on any atom is 0.229 e. The Kier molecular flexibility index (Phi) is 8.78.